The van der Waals surface area contributed by atoms with Gasteiger partial charge in [0, 0.05) is 13.0 Å². The molecule has 1 fully saturated rings. The summed E-state index contributed by atoms with van der Waals surface area (Å²) in [6, 6.07) is 10.2. The van der Waals surface area contributed by atoms with Crippen molar-refractivity contribution in [2.24, 2.45) is 0 Å². The van der Waals surface area contributed by atoms with Gasteiger partial charge in [0.25, 0.3) is 0 Å². The van der Waals surface area contributed by atoms with Gasteiger partial charge in [-0.3, -0.25) is 9.59 Å². The minimum absolute atomic E-state index is 0.0288. The summed E-state index contributed by atoms with van der Waals surface area (Å²) >= 11 is 0. The van der Waals surface area contributed by atoms with E-state index in [0.29, 0.717) is 11.1 Å². The number of aliphatic hydroxyl groups is 2. The number of carbonyl (C=O) groups is 3. The first-order valence-electron chi connectivity index (χ1n) is 14.2. The van der Waals surface area contributed by atoms with Crippen molar-refractivity contribution in [2.45, 2.75) is 37.6 Å². The third kappa shape index (κ3) is 8.33. The third-order valence-corrected chi connectivity index (χ3v) is 7.01. The fourth-order valence-corrected chi connectivity index (χ4v) is 4.49. The Labute approximate surface area is 272 Å². The number of ether oxygens (including phenoxy) is 5. The van der Waals surface area contributed by atoms with Crippen molar-refractivity contribution < 1.29 is 73.8 Å². The molecule has 7 N–H and O–H groups in total. The Bertz CT molecular complexity index is 1730. The van der Waals surface area contributed by atoms with Crippen LogP contribution in [0.1, 0.15) is 28.4 Å². The van der Waals surface area contributed by atoms with Crippen molar-refractivity contribution in [3.63, 3.8) is 0 Å². The zero-order valence-electron chi connectivity index (χ0n) is 25.4. The van der Waals surface area contributed by atoms with Crippen molar-refractivity contribution >= 4 is 29.9 Å². The van der Waals surface area contributed by atoms with Gasteiger partial charge in [-0.1, -0.05) is 18.2 Å². The van der Waals surface area contributed by atoms with Crippen LogP contribution in [0.15, 0.2) is 60.7 Å². The Morgan fingerprint density at radius 1 is 0.792 bits per heavy atom. The highest BCUT2D eigenvalue weighted by atomic mass is 16.7. The van der Waals surface area contributed by atoms with E-state index in [1.54, 1.807) is 0 Å². The van der Waals surface area contributed by atoms with E-state index in [-0.39, 0.29) is 22.8 Å². The van der Waals surface area contributed by atoms with Gasteiger partial charge < -0.3 is 59.4 Å². The van der Waals surface area contributed by atoms with Crippen LogP contribution in [0.5, 0.6) is 40.2 Å². The molecule has 1 heterocycles. The average Bonchev–Trinajstić information content (AvgIpc) is 3.05. The van der Waals surface area contributed by atoms with Gasteiger partial charge in [-0.05, 0) is 59.7 Å². The minimum atomic E-state index is -1.82. The van der Waals surface area contributed by atoms with Crippen LogP contribution in [0, 0.1) is 0 Å². The van der Waals surface area contributed by atoms with Crippen molar-refractivity contribution in [3.8, 4) is 40.2 Å². The van der Waals surface area contributed by atoms with Crippen LogP contribution in [0.25, 0.3) is 12.2 Å². The summed E-state index contributed by atoms with van der Waals surface area (Å²) < 4.78 is 26.5. The molecule has 0 saturated carbocycles. The zero-order chi connectivity index (χ0) is 35.1. The van der Waals surface area contributed by atoms with Crippen LogP contribution in [0.2, 0.25) is 0 Å². The van der Waals surface area contributed by atoms with E-state index >= 15 is 0 Å². The summed E-state index contributed by atoms with van der Waals surface area (Å²) in [6.07, 6.45) is -3.60. The van der Waals surface area contributed by atoms with Gasteiger partial charge in [0.15, 0.2) is 46.4 Å². The van der Waals surface area contributed by atoms with Crippen LogP contribution >= 0.6 is 0 Å². The number of esters is 2. The number of rotatable bonds is 11. The number of phenolic OH excluding ortho intramolecular Hbond substituents is 5. The molecule has 4 rings (SSSR count). The van der Waals surface area contributed by atoms with E-state index in [2.05, 4.69) is 0 Å². The lowest BCUT2D eigenvalue weighted by atomic mass is 9.99. The molecule has 3 aromatic rings. The van der Waals surface area contributed by atoms with Gasteiger partial charge in [-0.15, -0.1) is 0 Å². The molecule has 0 amide bonds. The maximum atomic E-state index is 12.7. The predicted octanol–water partition coefficient (Wildman–Crippen LogP) is 2.13. The first-order valence-corrected chi connectivity index (χ1v) is 14.2. The van der Waals surface area contributed by atoms with E-state index in [1.807, 2.05) is 0 Å². The minimum Gasteiger partial charge on any atom is -0.504 e. The molecule has 15 nitrogen and oxygen atoms in total. The Balaban J connectivity index is 1.52. The van der Waals surface area contributed by atoms with Gasteiger partial charge in [0.1, 0.15) is 24.9 Å². The fraction of sp³-hybridized carbons (Fsp3) is 0.242. The second-order valence-corrected chi connectivity index (χ2v) is 10.4. The first kappa shape index (κ1) is 35.1. The van der Waals surface area contributed by atoms with Gasteiger partial charge in [-0.25, -0.2) is 4.79 Å². The van der Waals surface area contributed by atoms with Crippen LogP contribution in [-0.4, -0.2) is 97.9 Å². The number of ketones is 1. The zero-order valence-corrected chi connectivity index (χ0v) is 25.4. The number of hydrogen-bond acceptors (Lipinski definition) is 15. The Morgan fingerprint density at radius 2 is 1.44 bits per heavy atom. The lowest BCUT2D eigenvalue weighted by Gasteiger charge is -2.41. The van der Waals surface area contributed by atoms with Crippen molar-refractivity contribution in [2.75, 3.05) is 13.7 Å². The smallest absolute Gasteiger partial charge is 0.331 e. The number of allylic oxidation sites excluding steroid dienone is 1. The molecule has 254 valence electrons. The summed E-state index contributed by atoms with van der Waals surface area (Å²) in [4.78, 5) is 36.7. The lowest BCUT2D eigenvalue weighted by Crippen LogP contribution is -2.61. The highest BCUT2D eigenvalue weighted by Crippen LogP contribution is 2.38. The number of methoxy groups -OCH3 is 1. The van der Waals surface area contributed by atoms with Crippen molar-refractivity contribution in [3.05, 3.63) is 77.4 Å². The number of benzene rings is 3. The van der Waals surface area contributed by atoms with E-state index in [1.165, 1.54) is 67.8 Å². The second-order valence-electron chi connectivity index (χ2n) is 10.4. The third-order valence-electron chi connectivity index (χ3n) is 7.01. The standard InChI is InChI=1S/C33H32O15/c1-16(34)45-15-26-30(42)31(43)32(48-27(39)12-6-18-4-9-21(36)22(37)13-18)33(47-26)46-24-10-5-17(14-23(24)38)3-8-20(35)19-7-11-25(44-2)29(41)28(19)40/h3-14,26,30-33,36-38,40-43H,15H2,1-2H3/b8-3+,12-6+/t26-,30-,31+,32-,33-/m1/s1. The van der Waals surface area contributed by atoms with Crippen LogP contribution in [0.4, 0.5) is 0 Å². The largest absolute Gasteiger partial charge is 0.504 e. The van der Waals surface area contributed by atoms with E-state index in [4.69, 9.17) is 23.7 Å². The molecule has 0 aromatic heterocycles. The van der Waals surface area contributed by atoms with E-state index in [0.717, 1.165) is 19.1 Å². The number of hydrogen-bond donors (Lipinski definition) is 7. The van der Waals surface area contributed by atoms with Crippen molar-refractivity contribution in [1.29, 1.82) is 0 Å². The molecular formula is C33H32O15. The maximum absolute atomic E-state index is 12.7. The Morgan fingerprint density at radius 3 is 2.08 bits per heavy atom. The summed E-state index contributed by atoms with van der Waals surface area (Å²) in [6.45, 7) is 0.624. The Kier molecular flexibility index (Phi) is 11.1. The molecule has 0 bridgehead atoms. The highest BCUT2D eigenvalue weighted by Gasteiger charge is 2.48. The van der Waals surface area contributed by atoms with Gasteiger partial charge in [0.05, 0.1) is 12.7 Å². The van der Waals surface area contributed by atoms with Crippen LogP contribution in [-0.2, 0) is 23.8 Å². The number of carbonyl (C=O) groups excluding carboxylic acids is 3. The summed E-state index contributed by atoms with van der Waals surface area (Å²) in [7, 11) is 1.28. The summed E-state index contributed by atoms with van der Waals surface area (Å²) in [5.74, 6) is -5.21. The molecule has 15 heteroatoms. The Hall–Kier alpha value is -5.77. The molecule has 48 heavy (non-hydrogen) atoms. The maximum Gasteiger partial charge on any atom is 0.331 e. The lowest BCUT2D eigenvalue weighted by molar-refractivity contribution is -0.282. The van der Waals surface area contributed by atoms with Gasteiger partial charge in [-0.2, -0.15) is 0 Å². The molecule has 3 aromatic carbocycles. The van der Waals surface area contributed by atoms with E-state index < -0.39 is 78.0 Å². The SMILES string of the molecule is COc1ccc(C(=O)/C=C/c2ccc(O[C@@H]3O[C@H](COC(C)=O)[C@@H](O)[C@H](O)[C@H]3OC(=O)/C=C/c3ccc(O)c(O)c3)c(O)c2)c(O)c1O. The molecule has 0 spiro atoms. The van der Waals surface area contributed by atoms with Crippen LogP contribution < -0.4 is 9.47 Å². The molecule has 0 radical (unpaired) electrons. The predicted molar refractivity (Wildman–Crippen MR) is 164 cm³/mol. The topological polar surface area (TPSA) is 239 Å². The average molecular weight is 669 g/mol. The van der Waals surface area contributed by atoms with Crippen molar-refractivity contribution in [1.82, 2.24) is 0 Å². The fourth-order valence-electron chi connectivity index (χ4n) is 4.49. The van der Waals surface area contributed by atoms with E-state index in [9.17, 15) is 50.1 Å². The number of aliphatic hydroxyl groups excluding tert-OH is 2. The highest BCUT2D eigenvalue weighted by molar-refractivity contribution is 6.09. The number of aromatic hydroxyl groups is 5. The molecule has 5 atom stereocenters. The molecule has 1 aliphatic rings. The molecule has 1 aliphatic heterocycles. The quantitative estimate of drug-likeness (QED) is 0.0670. The van der Waals surface area contributed by atoms with Gasteiger partial charge >= 0.3 is 11.9 Å². The number of phenols is 5. The molecule has 0 unspecified atom stereocenters. The molecule has 1 saturated heterocycles. The molecule has 0 aliphatic carbocycles. The first-order chi connectivity index (χ1) is 22.8. The van der Waals surface area contributed by atoms with Gasteiger partial charge in [0.2, 0.25) is 12.0 Å². The van der Waals surface area contributed by atoms with Crippen LogP contribution in [0.3, 0.4) is 0 Å². The second kappa shape index (κ2) is 15.2. The molecular weight excluding hydrogens is 636 g/mol. The normalized spacial score (nSPS) is 20.8. The summed E-state index contributed by atoms with van der Waals surface area (Å²) in [5, 5.41) is 71.4. The monoisotopic (exact) mass is 668 g/mol. The summed E-state index contributed by atoms with van der Waals surface area (Å²) in [5.41, 5.74) is 0.409.